The third-order valence-electron chi connectivity index (χ3n) is 6.43. The summed E-state index contributed by atoms with van der Waals surface area (Å²) in [5, 5.41) is 4.56. The highest BCUT2D eigenvalue weighted by Crippen LogP contribution is 2.40. The van der Waals surface area contributed by atoms with Gasteiger partial charge in [0, 0.05) is 46.4 Å². The van der Waals surface area contributed by atoms with Gasteiger partial charge in [0.1, 0.15) is 6.33 Å². The number of hydrogen-bond donors (Lipinski definition) is 1. The van der Waals surface area contributed by atoms with Crippen LogP contribution in [0, 0.1) is 0 Å². The van der Waals surface area contributed by atoms with Gasteiger partial charge in [0.15, 0.2) is 5.65 Å². The van der Waals surface area contributed by atoms with Crippen LogP contribution in [-0.4, -0.2) is 24.6 Å². The van der Waals surface area contributed by atoms with E-state index in [0.29, 0.717) is 0 Å². The quantitative estimate of drug-likeness (QED) is 0.451. The highest BCUT2D eigenvalue weighted by atomic mass is 15.2. The summed E-state index contributed by atoms with van der Waals surface area (Å²) in [5.41, 5.74) is 14.2. The Kier molecular flexibility index (Phi) is 4.33. The lowest BCUT2D eigenvalue weighted by atomic mass is 9.72. The Hall–Kier alpha value is -3.90. The lowest BCUT2D eigenvalue weighted by Gasteiger charge is -2.38. The number of hydrogen-bond acceptors (Lipinski definition) is 5. The first-order valence-corrected chi connectivity index (χ1v) is 10.8. The summed E-state index contributed by atoms with van der Waals surface area (Å²) in [6.07, 6.45) is 12.2. The minimum Gasteiger partial charge on any atom is -0.321 e. The molecule has 3 heterocycles. The second-order valence-corrected chi connectivity index (χ2v) is 8.41. The highest BCUT2D eigenvalue weighted by molar-refractivity contribution is 5.85. The molecule has 3 aromatic heterocycles. The monoisotopic (exact) mass is 418 g/mol. The first-order valence-electron chi connectivity index (χ1n) is 10.8. The molecule has 5 aromatic rings. The molecule has 0 aliphatic heterocycles. The van der Waals surface area contributed by atoms with Gasteiger partial charge in [-0.1, -0.05) is 54.6 Å². The van der Waals surface area contributed by atoms with Crippen molar-refractivity contribution in [1.82, 2.24) is 24.6 Å². The number of benzene rings is 2. The van der Waals surface area contributed by atoms with Crippen LogP contribution in [0.5, 0.6) is 0 Å². The number of fused-ring (bicyclic) bond motifs is 1. The standard InChI is InChI=1S/C26H22N6/c27-26(11-4-12-26)21-9-7-19(8-10-21)24-23(18-5-2-1-3-6-18)16-32-25(31-24)22(15-30-32)20-13-28-17-29-14-20/h1-3,5-10,13-17H,4,11-12,27H2. The maximum atomic E-state index is 6.54. The van der Waals surface area contributed by atoms with Crippen LogP contribution < -0.4 is 5.73 Å². The maximum Gasteiger partial charge on any atom is 0.163 e. The average molecular weight is 419 g/mol. The first-order chi connectivity index (χ1) is 15.7. The van der Waals surface area contributed by atoms with Crippen molar-refractivity contribution >= 4 is 5.65 Å². The molecular weight excluding hydrogens is 396 g/mol. The normalized spacial score (nSPS) is 14.9. The molecule has 6 rings (SSSR count). The minimum absolute atomic E-state index is 0.176. The van der Waals surface area contributed by atoms with E-state index in [1.807, 2.05) is 35.1 Å². The van der Waals surface area contributed by atoms with Crippen LogP contribution in [0.4, 0.5) is 0 Å². The van der Waals surface area contributed by atoms with Crippen molar-refractivity contribution in [1.29, 1.82) is 0 Å². The summed E-state index contributed by atoms with van der Waals surface area (Å²) in [5.74, 6) is 0. The number of nitrogens with zero attached hydrogens (tertiary/aromatic N) is 5. The van der Waals surface area contributed by atoms with Crippen LogP contribution in [0.2, 0.25) is 0 Å². The fourth-order valence-corrected chi connectivity index (χ4v) is 4.41. The Morgan fingerprint density at radius 2 is 1.53 bits per heavy atom. The molecule has 156 valence electrons. The zero-order chi connectivity index (χ0) is 21.5. The summed E-state index contributed by atoms with van der Waals surface area (Å²) in [6, 6.07) is 18.9. The first kappa shape index (κ1) is 18.8. The van der Waals surface area contributed by atoms with Gasteiger partial charge >= 0.3 is 0 Å². The highest BCUT2D eigenvalue weighted by Gasteiger charge is 2.34. The van der Waals surface area contributed by atoms with E-state index >= 15 is 0 Å². The van der Waals surface area contributed by atoms with Crippen molar-refractivity contribution in [3.63, 3.8) is 0 Å². The molecule has 0 atom stereocenters. The Bertz CT molecular complexity index is 1390. The second-order valence-electron chi connectivity index (χ2n) is 8.41. The summed E-state index contributed by atoms with van der Waals surface area (Å²) < 4.78 is 1.83. The van der Waals surface area contributed by atoms with Crippen LogP contribution in [-0.2, 0) is 5.54 Å². The molecule has 0 amide bonds. The summed E-state index contributed by atoms with van der Waals surface area (Å²) in [6.45, 7) is 0. The fourth-order valence-electron chi connectivity index (χ4n) is 4.41. The largest absolute Gasteiger partial charge is 0.321 e. The van der Waals surface area contributed by atoms with E-state index in [0.717, 1.165) is 52.0 Å². The lowest BCUT2D eigenvalue weighted by molar-refractivity contribution is 0.253. The molecule has 1 aliphatic carbocycles. The maximum absolute atomic E-state index is 6.54. The SMILES string of the molecule is NC1(c2ccc(-c3nc4c(-c5cncnc5)cnn4cc3-c3ccccc3)cc2)CCC1. The van der Waals surface area contributed by atoms with E-state index in [4.69, 9.17) is 10.7 Å². The molecule has 6 nitrogen and oxygen atoms in total. The molecule has 0 radical (unpaired) electrons. The zero-order valence-corrected chi connectivity index (χ0v) is 17.5. The molecule has 0 saturated heterocycles. The number of nitrogens with two attached hydrogens (primary N) is 1. The molecular formula is C26H22N6. The Balaban J connectivity index is 1.54. The molecule has 1 saturated carbocycles. The summed E-state index contributed by atoms with van der Waals surface area (Å²) in [7, 11) is 0. The Morgan fingerprint density at radius 3 is 2.22 bits per heavy atom. The second kappa shape index (κ2) is 7.35. The van der Waals surface area contributed by atoms with Crippen molar-refractivity contribution in [2.45, 2.75) is 24.8 Å². The third kappa shape index (κ3) is 3.08. The van der Waals surface area contributed by atoms with Crippen LogP contribution in [0.15, 0.2) is 85.7 Å². The van der Waals surface area contributed by atoms with Crippen molar-refractivity contribution in [3.8, 4) is 33.5 Å². The topological polar surface area (TPSA) is 82.0 Å². The van der Waals surface area contributed by atoms with Gasteiger partial charge in [-0.15, -0.1) is 0 Å². The van der Waals surface area contributed by atoms with Crippen LogP contribution >= 0.6 is 0 Å². The van der Waals surface area contributed by atoms with Gasteiger partial charge in [0.05, 0.1) is 11.9 Å². The minimum atomic E-state index is -0.176. The van der Waals surface area contributed by atoms with Crippen molar-refractivity contribution in [2.24, 2.45) is 5.73 Å². The van der Waals surface area contributed by atoms with Gasteiger partial charge in [0.2, 0.25) is 0 Å². The smallest absolute Gasteiger partial charge is 0.163 e. The van der Waals surface area contributed by atoms with Crippen molar-refractivity contribution < 1.29 is 0 Å². The zero-order valence-electron chi connectivity index (χ0n) is 17.5. The summed E-state index contributed by atoms with van der Waals surface area (Å²) in [4.78, 5) is 13.4. The van der Waals surface area contributed by atoms with Gasteiger partial charge in [-0.05, 0) is 30.4 Å². The Morgan fingerprint density at radius 1 is 0.781 bits per heavy atom. The van der Waals surface area contributed by atoms with Crippen molar-refractivity contribution in [3.05, 3.63) is 91.3 Å². The molecule has 1 fully saturated rings. The molecule has 0 bridgehead atoms. The molecule has 1 aliphatic rings. The van der Waals surface area contributed by atoms with E-state index in [1.54, 1.807) is 12.4 Å². The van der Waals surface area contributed by atoms with E-state index in [9.17, 15) is 0 Å². The molecule has 0 spiro atoms. The molecule has 0 unspecified atom stereocenters. The van der Waals surface area contributed by atoms with Gasteiger partial charge in [0.25, 0.3) is 0 Å². The lowest BCUT2D eigenvalue weighted by Crippen LogP contribution is -2.43. The third-order valence-corrected chi connectivity index (χ3v) is 6.43. The van der Waals surface area contributed by atoms with E-state index in [2.05, 4.69) is 51.5 Å². The van der Waals surface area contributed by atoms with Crippen LogP contribution in [0.25, 0.3) is 39.2 Å². The summed E-state index contributed by atoms with van der Waals surface area (Å²) >= 11 is 0. The van der Waals surface area contributed by atoms with E-state index in [1.165, 1.54) is 18.3 Å². The predicted octanol–water partition coefficient (Wildman–Crippen LogP) is 4.86. The average Bonchev–Trinajstić information content (AvgIpc) is 3.26. The Labute approximate surface area is 185 Å². The van der Waals surface area contributed by atoms with E-state index in [-0.39, 0.29) is 5.54 Å². The number of aromatic nitrogens is 5. The molecule has 6 heteroatoms. The molecule has 2 aromatic carbocycles. The van der Waals surface area contributed by atoms with Gasteiger partial charge in [-0.2, -0.15) is 5.10 Å². The van der Waals surface area contributed by atoms with Gasteiger partial charge in [-0.3, -0.25) is 0 Å². The van der Waals surface area contributed by atoms with Crippen molar-refractivity contribution in [2.75, 3.05) is 0 Å². The predicted molar refractivity (Wildman–Crippen MR) is 125 cm³/mol. The van der Waals surface area contributed by atoms with Gasteiger partial charge in [-0.25, -0.2) is 19.5 Å². The number of rotatable bonds is 4. The van der Waals surface area contributed by atoms with Crippen LogP contribution in [0.3, 0.4) is 0 Å². The molecule has 32 heavy (non-hydrogen) atoms. The van der Waals surface area contributed by atoms with Crippen LogP contribution in [0.1, 0.15) is 24.8 Å². The van der Waals surface area contributed by atoms with E-state index < -0.39 is 0 Å². The molecule has 2 N–H and O–H groups in total. The van der Waals surface area contributed by atoms with Gasteiger partial charge < -0.3 is 5.73 Å². The fraction of sp³-hybridized carbons (Fsp3) is 0.154.